The number of pyridine rings is 1. The molecule has 3 heterocycles. The van der Waals surface area contributed by atoms with E-state index in [1.165, 1.54) is 5.56 Å². The van der Waals surface area contributed by atoms with Crippen LogP contribution < -0.4 is 10.6 Å². The fraction of sp³-hybridized carbons (Fsp3) is 0.500. The number of fused-ring (bicyclic) bond motifs is 1. The van der Waals surface area contributed by atoms with E-state index < -0.39 is 0 Å². The minimum Gasteiger partial charge on any atom is -0.376 e. The number of ether oxygens (including phenoxy) is 1. The number of rotatable bonds is 5. The van der Waals surface area contributed by atoms with Gasteiger partial charge in [-0.3, -0.25) is 0 Å². The maximum atomic E-state index is 11.8. The second kappa shape index (κ2) is 6.79. The summed E-state index contributed by atoms with van der Waals surface area (Å²) in [5.41, 5.74) is 2.17. The highest BCUT2D eigenvalue weighted by atomic mass is 16.5. The van der Waals surface area contributed by atoms with Crippen LogP contribution in [0.4, 0.5) is 4.79 Å². The van der Waals surface area contributed by atoms with Crippen molar-refractivity contribution in [2.45, 2.75) is 25.4 Å². The van der Waals surface area contributed by atoms with Crippen LogP contribution in [0.5, 0.6) is 0 Å². The van der Waals surface area contributed by atoms with E-state index >= 15 is 0 Å². The first kappa shape index (κ1) is 14.8. The van der Waals surface area contributed by atoms with Gasteiger partial charge in [0.05, 0.1) is 6.10 Å². The number of amides is 2. The number of hydrogen-bond acceptors (Lipinski definition) is 3. The molecule has 0 radical (unpaired) electrons. The Balaban J connectivity index is 1.46. The maximum Gasteiger partial charge on any atom is 0.314 e. The molecule has 0 saturated carbocycles. The molecule has 2 N–H and O–H groups in total. The van der Waals surface area contributed by atoms with Crippen molar-refractivity contribution in [3.63, 3.8) is 0 Å². The zero-order valence-electron chi connectivity index (χ0n) is 12.8. The Labute approximate surface area is 129 Å². The Morgan fingerprint density at radius 3 is 3.23 bits per heavy atom. The van der Waals surface area contributed by atoms with Gasteiger partial charge >= 0.3 is 6.03 Å². The van der Waals surface area contributed by atoms with Crippen molar-refractivity contribution < 1.29 is 9.53 Å². The summed E-state index contributed by atoms with van der Waals surface area (Å²) in [5, 5.41) is 6.90. The molecule has 1 aliphatic rings. The van der Waals surface area contributed by atoms with Crippen LogP contribution >= 0.6 is 0 Å². The minimum atomic E-state index is -0.131. The molecule has 0 aromatic carbocycles. The summed E-state index contributed by atoms with van der Waals surface area (Å²) < 4.78 is 7.49. The molecule has 6 nitrogen and oxygen atoms in total. The second-order valence-electron chi connectivity index (χ2n) is 5.66. The van der Waals surface area contributed by atoms with Crippen LogP contribution in [0.1, 0.15) is 18.4 Å². The van der Waals surface area contributed by atoms with Crippen molar-refractivity contribution >= 4 is 17.1 Å². The number of hydrogen-bond donors (Lipinski definition) is 2. The highest BCUT2D eigenvalue weighted by Crippen LogP contribution is 2.18. The molecule has 1 atom stereocenters. The van der Waals surface area contributed by atoms with Gasteiger partial charge in [-0.2, -0.15) is 0 Å². The van der Waals surface area contributed by atoms with Gasteiger partial charge in [-0.25, -0.2) is 9.78 Å². The molecule has 2 amide bonds. The van der Waals surface area contributed by atoms with E-state index in [4.69, 9.17) is 4.74 Å². The monoisotopic (exact) mass is 302 g/mol. The molecule has 6 heteroatoms. The number of aromatic nitrogens is 2. The summed E-state index contributed by atoms with van der Waals surface area (Å²) >= 11 is 0. The third kappa shape index (κ3) is 3.39. The Morgan fingerprint density at radius 2 is 2.41 bits per heavy atom. The molecule has 22 heavy (non-hydrogen) atoms. The molecule has 118 valence electrons. The number of carbonyl (C=O) groups excluding carboxylic acids is 1. The standard InChI is InChI=1S/C16H22N4O2/c1-20-11-12(14-5-2-7-17-15(14)20)6-8-18-16(21)19-10-13-4-3-9-22-13/h2,5,7,11,13H,3-4,6,8-10H2,1H3,(H2,18,19,21). The van der Waals surface area contributed by atoms with Gasteiger partial charge in [0, 0.05) is 44.5 Å². The summed E-state index contributed by atoms with van der Waals surface area (Å²) in [6, 6.07) is 3.87. The predicted octanol–water partition coefficient (Wildman–Crippen LogP) is 1.59. The van der Waals surface area contributed by atoms with Gasteiger partial charge in [-0.05, 0) is 37.0 Å². The van der Waals surface area contributed by atoms with Crippen LogP contribution in [-0.2, 0) is 18.2 Å². The molecule has 1 aliphatic heterocycles. The SMILES string of the molecule is Cn1cc(CCNC(=O)NCC2CCCO2)c2cccnc21. The molecule has 2 aromatic heterocycles. The van der Waals surface area contributed by atoms with E-state index in [2.05, 4.69) is 27.9 Å². The third-order valence-electron chi connectivity index (χ3n) is 4.01. The van der Waals surface area contributed by atoms with Crippen molar-refractivity contribution in [1.29, 1.82) is 0 Å². The van der Waals surface area contributed by atoms with Crippen LogP contribution in [-0.4, -0.2) is 41.4 Å². The number of carbonyl (C=O) groups is 1. The van der Waals surface area contributed by atoms with E-state index in [0.29, 0.717) is 13.1 Å². The lowest BCUT2D eigenvalue weighted by Gasteiger charge is -2.11. The van der Waals surface area contributed by atoms with Crippen LogP contribution in [0.2, 0.25) is 0 Å². The summed E-state index contributed by atoms with van der Waals surface area (Å²) in [6.07, 6.45) is 6.95. The lowest BCUT2D eigenvalue weighted by molar-refractivity contribution is 0.111. The maximum absolute atomic E-state index is 11.8. The van der Waals surface area contributed by atoms with Crippen LogP contribution in [0.25, 0.3) is 11.0 Å². The van der Waals surface area contributed by atoms with Crippen LogP contribution in [0, 0.1) is 0 Å². The quantitative estimate of drug-likeness (QED) is 0.881. The lowest BCUT2D eigenvalue weighted by Crippen LogP contribution is -2.40. The topological polar surface area (TPSA) is 68.2 Å². The first-order chi connectivity index (χ1) is 10.7. The summed E-state index contributed by atoms with van der Waals surface area (Å²) in [5.74, 6) is 0. The van der Waals surface area contributed by atoms with Gasteiger partial charge in [-0.1, -0.05) is 0 Å². The van der Waals surface area contributed by atoms with Gasteiger partial charge in [0.2, 0.25) is 0 Å². The molecule has 0 aliphatic carbocycles. The van der Waals surface area contributed by atoms with Gasteiger partial charge in [-0.15, -0.1) is 0 Å². The summed E-state index contributed by atoms with van der Waals surface area (Å²) in [4.78, 5) is 16.1. The smallest absolute Gasteiger partial charge is 0.314 e. The lowest BCUT2D eigenvalue weighted by atomic mass is 10.1. The van der Waals surface area contributed by atoms with Crippen molar-refractivity contribution in [3.05, 3.63) is 30.1 Å². The van der Waals surface area contributed by atoms with Crippen molar-refractivity contribution in [1.82, 2.24) is 20.2 Å². The largest absolute Gasteiger partial charge is 0.376 e. The molecule has 0 bridgehead atoms. The van der Waals surface area contributed by atoms with Crippen molar-refractivity contribution in [3.8, 4) is 0 Å². The van der Waals surface area contributed by atoms with Gasteiger partial charge in [0.25, 0.3) is 0 Å². The number of aryl methyl sites for hydroxylation is 1. The molecule has 1 fully saturated rings. The van der Waals surface area contributed by atoms with Crippen LogP contribution in [0.3, 0.4) is 0 Å². The molecule has 1 unspecified atom stereocenters. The minimum absolute atomic E-state index is 0.131. The number of nitrogens with zero attached hydrogens (tertiary/aromatic N) is 2. The molecular weight excluding hydrogens is 280 g/mol. The first-order valence-electron chi connectivity index (χ1n) is 7.76. The highest BCUT2D eigenvalue weighted by molar-refractivity contribution is 5.80. The molecule has 0 spiro atoms. The molecule has 2 aromatic rings. The fourth-order valence-electron chi connectivity index (χ4n) is 2.88. The normalized spacial score (nSPS) is 17.8. The zero-order valence-corrected chi connectivity index (χ0v) is 12.8. The van der Waals surface area contributed by atoms with Gasteiger partial charge in [0.15, 0.2) is 0 Å². The zero-order chi connectivity index (χ0) is 15.4. The number of nitrogens with one attached hydrogen (secondary N) is 2. The summed E-state index contributed by atoms with van der Waals surface area (Å²) in [7, 11) is 1.99. The Morgan fingerprint density at radius 1 is 1.50 bits per heavy atom. The van der Waals surface area contributed by atoms with E-state index in [9.17, 15) is 4.79 Å². The Bertz CT molecular complexity index is 647. The molecular formula is C16H22N4O2. The Hall–Kier alpha value is -2.08. The highest BCUT2D eigenvalue weighted by Gasteiger charge is 2.16. The van der Waals surface area contributed by atoms with Gasteiger partial charge < -0.3 is 19.9 Å². The average Bonchev–Trinajstić information content (AvgIpc) is 3.15. The van der Waals surface area contributed by atoms with Crippen LogP contribution in [0.15, 0.2) is 24.5 Å². The van der Waals surface area contributed by atoms with Crippen molar-refractivity contribution in [2.24, 2.45) is 7.05 Å². The van der Waals surface area contributed by atoms with E-state index in [-0.39, 0.29) is 12.1 Å². The number of urea groups is 1. The summed E-state index contributed by atoms with van der Waals surface area (Å²) in [6.45, 7) is 2.00. The predicted molar refractivity (Wildman–Crippen MR) is 84.8 cm³/mol. The first-order valence-corrected chi connectivity index (χ1v) is 7.76. The van der Waals surface area contributed by atoms with E-state index in [0.717, 1.165) is 36.9 Å². The second-order valence-corrected chi connectivity index (χ2v) is 5.66. The fourth-order valence-corrected chi connectivity index (χ4v) is 2.88. The Kier molecular flexibility index (Phi) is 4.58. The van der Waals surface area contributed by atoms with Crippen molar-refractivity contribution in [2.75, 3.05) is 19.7 Å². The molecule has 1 saturated heterocycles. The van der Waals surface area contributed by atoms with E-state index in [1.807, 2.05) is 17.7 Å². The van der Waals surface area contributed by atoms with E-state index in [1.54, 1.807) is 6.20 Å². The van der Waals surface area contributed by atoms with Gasteiger partial charge in [0.1, 0.15) is 5.65 Å². The molecule has 3 rings (SSSR count). The average molecular weight is 302 g/mol. The third-order valence-corrected chi connectivity index (χ3v) is 4.01.